The lowest BCUT2D eigenvalue weighted by atomic mass is 10.4. The van der Waals surface area contributed by atoms with Gasteiger partial charge < -0.3 is 0 Å². The van der Waals surface area contributed by atoms with Crippen LogP contribution in [0.1, 0.15) is 17.0 Å². The molecule has 1 aliphatic carbocycles. The standard InChI is InChI=1S/C12H10Cl2N2O2S2/c13-7-4-5-8(14)11(6-7)20(17,18)16-12-15-9-2-1-3-10(9)19-12/h4-6H,1-3H2,(H,15,16). The van der Waals surface area contributed by atoms with Gasteiger partial charge in [-0.2, -0.15) is 0 Å². The number of aromatic nitrogens is 1. The number of anilines is 1. The smallest absolute Gasteiger partial charge is 0.255 e. The summed E-state index contributed by atoms with van der Waals surface area (Å²) in [6.07, 6.45) is 2.96. The Hall–Kier alpha value is -0.820. The van der Waals surface area contributed by atoms with Crippen LogP contribution in [0.3, 0.4) is 0 Å². The van der Waals surface area contributed by atoms with E-state index in [1.165, 1.54) is 23.5 Å². The van der Waals surface area contributed by atoms with Gasteiger partial charge in [0.15, 0.2) is 5.13 Å². The highest BCUT2D eigenvalue weighted by Crippen LogP contribution is 2.33. The van der Waals surface area contributed by atoms with Crippen LogP contribution < -0.4 is 4.72 Å². The molecule has 1 aliphatic rings. The van der Waals surface area contributed by atoms with E-state index in [0.717, 1.165) is 29.8 Å². The van der Waals surface area contributed by atoms with E-state index in [9.17, 15) is 8.42 Å². The lowest BCUT2D eigenvalue weighted by Crippen LogP contribution is -2.13. The Balaban J connectivity index is 1.93. The van der Waals surface area contributed by atoms with E-state index in [2.05, 4.69) is 9.71 Å². The summed E-state index contributed by atoms with van der Waals surface area (Å²) in [5.41, 5.74) is 0.991. The highest BCUT2D eigenvalue weighted by molar-refractivity contribution is 7.93. The topological polar surface area (TPSA) is 59.1 Å². The fourth-order valence-corrected chi connectivity index (χ4v) is 5.14. The second kappa shape index (κ2) is 5.18. The maximum Gasteiger partial charge on any atom is 0.265 e. The Bertz CT molecular complexity index is 750. The summed E-state index contributed by atoms with van der Waals surface area (Å²) in [6.45, 7) is 0. The lowest BCUT2D eigenvalue weighted by molar-refractivity contribution is 0.601. The van der Waals surface area contributed by atoms with Crippen LogP contribution in [-0.4, -0.2) is 13.4 Å². The first-order valence-electron chi connectivity index (χ1n) is 5.92. The van der Waals surface area contributed by atoms with Crippen molar-refractivity contribution in [3.05, 3.63) is 38.8 Å². The number of halogens is 2. The molecule has 0 aliphatic heterocycles. The first-order chi connectivity index (χ1) is 9.45. The van der Waals surface area contributed by atoms with Crippen molar-refractivity contribution in [2.24, 2.45) is 0 Å². The summed E-state index contributed by atoms with van der Waals surface area (Å²) in [4.78, 5) is 5.42. The van der Waals surface area contributed by atoms with Gasteiger partial charge in [0.05, 0.1) is 10.7 Å². The molecule has 0 radical (unpaired) electrons. The van der Waals surface area contributed by atoms with Gasteiger partial charge >= 0.3 is 0 Å². The van der Waals surface area contributed by atoms with Crippen molar-refractivity contribution in [1.29, 1.82) is 0 Å². The maximum absolute atomic E-state index is 12.3. The molecule has 0 bridgehead atoms. The van der Waals surface area contributed by atoms with Crippen LogP contribution in [0.25, 0.3) is 0 Å². The number of hydrogen-bond donors (Lipinski definition) is 1. The number of hydrogen-bond acceptors (Lipinski definition) is 4. The van der Waals surface area contributed by atoms with E-state index < -0.39 is 10.0 Å². The van der Waals surface area contributed by atoms with Crippen LogP contribution in [-0.2, 0) is 22.9 Å². The summed E-state index contributed by atoms with van der Waals surface area (Å²) in [5, 5.41) is 0.827. The highest BCUT2D eigenvalue weighted by Gasteiger charge is 2.23. The number of sulfonamides is 1. The van der Waals surface area contributed by atoms with Gasteiger partial charge in [0.1, 0.15) is 4.90 Å². The van der Waals surface area contributed by atoms with Crippen LogP contribution in [0, 0.1) is 0 Å². The monoisotopic (exact) mass is 348 g/mol. The molecule has 0 spiro atoms. The van der Waals surface area contributed by atoms with Crippen LogP contribution >= 0.6 is 34.5 Å². The SMILES string of the molecule is O=S(=O)(Nc1nc2c(s1)CCC2)c1cc(Cl)ccc1Cl. The molecule has 0 atom stereocenters. The van der Waals surface area contributed by atoms with Crippen molar-refractivity contribution in [2.75, 3.05) is 4.72 Å². The number of nitrogens with one attached hydrogen (secondary N) is 1. The Morgan fingerprint density at radius 2 is 2.05 bits per heavy atom. The van der Waals surface area contributed by atoms with Gasteiger partial charge in [-0.1, -0.05) is 23.2 Å². The van der Waals surface area contributed by atoms with E-state index in [4.69, 9.17) is 23.2 Å². The second-order valence-corrected chi connectivity index (χ2v) is 8.00. The molecule has 3 rings (SSSR count). The summed E-state index contributed by atoms with van der Waals surface area (Å²) < 4.78 is 27.1. The fraction of sp³-hybridized carbons (Fsp3) is 0.250. The molecule has 2 aromatic rings. The molecule has 0 saturated carbocycles. The molecule has 106 valence electrons. The maximum atomic E-state index is 12.3. The Morgan fingerprint density at radius 3 is 2.80 bits per heavy atom. The van der Waals surface area contributed by atoms with E-state index in [-0.39, 0.29) is 9.92 Å². The zero-order valence-electron chi connectivity index (χ0n) is 10.2. The van der Waals surface area contributed by atoms with Gasteiger partial charge in [-0.3, -0.25) is 4.72 Å². The molecular weight excluding hydrogens is 339 g/mol. The van der Waals surface area contributed by atoms with E-state index in [1.807, 2.05) is 0 Å². The Kier molecular flexibility index (Phi) is 3.66. The summed E-state index contributed by atoms with van der Waals surface area (Å²) in [5.74, 6) is 0. The van der Waals surface area contributed by atoms with Crippen LogP contribution in [0.4, 0.5) is 5.13 Å². The number of fused-ring (bicyclic) bond motifs is 1. The minimum Gasteiger partial charge on any atom is -0.255 e. The zero-order chi connectivity index (χ0) is 14.3. The summed E-state index contributed by atoms with van der Waals surface area (Å²) >= 11 is 13.1. The molecule has 0 amide bonds. The molecule has 4 nitrogen and oxygen atoms in total. The Labute approximate surface area is 130 Å². The third kappa shape index (κ3) is 2.65. The fourth-order valence-electron chi connectivity index (χ4n) is 2.09. The first-order valence-corrected chi connectivity index (χ1v) is 8.98. The van der Waals surface area contributed by atoms with Crippen molar-refractivity contribution in [3.63, 3.8) is 0 Å². The van der Waals surface area contributed by atoms with E-state index in [0.29, 0.717) is 10.2 Å². The minimum atomic E-state index is -3.77. The van der Waals surface area contributed by atoms with Crippen molar-refractivity contribution in [2.45, 2.75) is 24.2 Å². The highest BCUT2D eigenvalue weighted by atomic mass is 35.5. The molecule has 1 heterocycles. The van der Waals surface area contributed by atoms with Gasteiger partial charge in [0.2, 0.25) is 0 Å². The summed E-state index contributed by atoms with van der Waals surface area (Å²) in [6, 6.07) is 4.33. The molecule has 0 unspecified atom stereocenters. The first kappa shape index (κ1) is 14.1. The normalized spacial score (nSPS) is 14.3. The average Bonchev–Trinajstić information content (AvgIpc) is 2.92. The number of thiazole rings is 1. The number of rotatable bonds is 3. The molecule has 8 heteroatoms. The third-order valence-corrected chi connectivity index (χ3v) is 6.26. The molecule has 0 fully saturated rings. The van der Waals surface area contributed by atoms with Gasteiger partial charge in [-0.25, -0.2) is 13.4 Å². The van der Waals surface area contributed by atoms with Crippen LogP contribution in [0.5, 0.6) is 0 Å². The largest absolute Gasteiger partial charge is 0.265 e. The molecule has 1 N–H and O–H groups in total. The zero-order valence-corrected chi connectivity index (χ0v) is 13.3. The van der Waals surface area contributed by atoms with Gasteiger partial charge in [-0.15, -0.1) is 11.3 Å². The lowest BCUT2D eigenvalue weighted by Gasteiger charge is -2.07. The quantitative estimate of drug-likeness (QED) is 0.918. The average molecular weight is 349 g/mol. The number of benzene rings is 1. The molecule has 20 heavy (non-hydrogen) atoms. The molecule has 1 aromatic carbocycles. The van der Waals surface area contributed by atoms with Crippen LogP contribution in [0.2, 0.25) is 10.0 Å². The van der Waals surface area contributed by atoms with Crippen molar-refractivity contribution < 1.29 is 8.42 Å². The number of nitrogens with zero attached hydrogens (tertiary/aromatic N) is 1. The minimum absolute atomic E-state index is 0.0398. The number of aryl methyl sites for hydroxylation is 2. The van der Waals surface area contributed by atoms with Crippen molar-refractivity contribution in [1.82, 2.24) is 4.98 Å². The van der Waals surface area contributed by atoms with Gasteiger partial charge in [-0.05, 0) is 37.5 Å². The van der Waals surface area contributed by atoms with Crippen LogP contribution in [0.15, 0.2) is 23.1 Å². The van der Waals surface area contributed by atoms with Crippen molar-refractivity contribution in [3.8, 4) is 0 Å². The predicted molar refractivity (Wildman–Crippen MR) is 81.4 cm³/mol. The van der Waals surface area contributed by atoms with Gasteiger partial charge in [0, 0.05) is 9.90 Å². The van der Waals surface area contributed by atoms with E-state index in [1.54, 1.807) is 6.07 Å². The van der Waals surface area contributed by atoms with E-state index >= 15 is 0 Å². The Morgan fingerprint density at radius 1 is 1.25 bits per heavy atom. The third-order valence-electron chi connectivity index (χ3n) is 3.00. The molecule has 1 aromatic heterocycles. The predicted octanol–water partition coefficient (Wildman–Crippen LogP) is 3.74. The summed E-state index contributed by atoms with van der Waals surface area (Å²) in [7, 11) is -3.77. The molecular formula is C12H10Cl2N2O2S2. The van der Waals surface area contributed by atoms with Gasteiger partial charge in [0.25, 0.3) is 10.0 Å². The van der Waals surface area contributed by atoms with Crippen molar-refractivity contribution >= 4 is 49.7 Å². The molecule has 0 saturated heterocycles. The second-order valence-electron chi connectivity index (χ2n) is 4.42.